The fourth-order valence-corrected chi connectivity index (χ4v) is 2.68. The summed E-state index contributed by atoms with van der Waals surface area (Å²) in [5.74, 6) is -1.21. The molecule has 0 radical (unpaired) electrons. The molecule has 2 aromatic rings. The van der Waals surface area contributed by atoms with Gasteiger partial charge in [-0.05, 0) is 29.8 Å². The fraction of sp³-hybridized carbons (Fsp3) is 0.0833. The molecule has 0 fully saturated rings. The molecule has 0 N–H and O–H groups in total. The summed E-state index contributed by atoms with van der Waals surface area (Å²) >= 11 is 13.0. The van der Waals surface area contributed by atoms with Gasteiger partial charge in [-0.3, -0.25) is 0 Å². The van der Waals surface area contributed by atoms with Crippen LogP contribution >= 0.6 is 35.0 Å². The highest BCUT2D eigenvalue weighted by molar-refractivity contribution is 7.98. The van der Waals surface area contributed by atoms with Crippen LogP contribution in [0, 0.1) is 11.6 Å². The van der Waals surface area contributed by atoms with Gasteiger partial charge in [0, 0.05) is 21.9 Å². The Morgan fingerprint density at radius 1 is 1.11 bits per heavy atom. The monoisotopic (exact) mass is 305 g/mol. The summed E-state index contributed by atoms with van der Waals surface area (Å²) in [4.78, 5) is 4.54. The lowest BCUT2D eigenvalue weighted by atomic mass is 10.3. The Labute approximate surface area is 117 Å². The van der Waals surface area contributed by atoms with E-state index in [4.69, 9.17) is 23.2 Å². The Balaban J connectivity index is 2.09. The molecule has 0 unspecified atom stereocenters. The number of hydrogen-bond acceptors (Lipinski definition) is 2. The van der Waals surface area contributed by atoms with Crippen molar-refractivity contribution in [3.8, 4) is 0 Å². The van der Waals surface area contributed by atoms with Crippen LogP contribution in [0.5, 0.6) is 0 Å². The molecule has 0 atom stereocenters. The molecule has 18 heavy (non-hydrogen) atoms. The highest BCUT2D eigenvalue weighted by atomic mass is 35.5. The lowest BCUT2D eigenvalue weighted by Gasteiger charge is -2.04. The molecule has 1 aromatic carbocycles. The Morgan fingerprint density at radius 2 is 1.89 bits per heavy atom. The normalized spacial score (nSPS) is 10.7. The maximum atomic E-state index is 13.0. The third-order valence-electron chi connectivity index (χ3n) is 2.18. The van der Waals surface area contributed by atoms with E-state index in [9.17, 15) is 8.78 Å². The van der Waals surface area contributed by atoms with Crippen molar-refractivity contribution in [3.05, 3.63) is 57.8 Å². The predicted octanol–water partition coefficient (Wildman–Crippen LogP) is 4.96. The van der Waals surface area contributed by atoms with Gasteiger partial charge in [0.15, 0.2) is 11.6 Å². The topological polar surface area (TPSA) is 12.9 Å². The molecule has 94 valence electrons. The summed E-state index contributed by atoms with van der Waals surface area (Å²) in [6, 6.07) is 5.31. The Morgan fingerprint density at radius 3 is 2.56 bits per heavy atom. The summed E-state index contributed by atoms with van der Waals surface area (Å²) in [6.07, 6.45) is 1.57. The van der Waals surface area contributed by atoms with Crippen molar-refractivity contribution >= 4 is 35.0 Å². The number of pyridine rings is 1. The third-order valence-corrected chi connectivity index (χ3v) is 3.78. The van der Waals surface area contributed by atoms with Gasteiger partial charge < -0.3 is 0 Å². The molecule has 1 nitrogen and oxygen atoms in total. The summed E-state index contributed by atoms with van der Waals surface area (Å²) < 4.78 is 25.7. The first-order valence-electron chi connectivity index (χ1n) is 4.94. The summed E-state index contributed by atoms with van der Waals surface area (Å²) in [5.41, 5.74) is 0.788. The van der Waals surface area contributed by atoms with Gasteiger partial charge in [-0.1, -0.05) is 23.2 Å². The van der Waals surface area contributed by atoms with Crippen LogP contribution < -0.4 is 0 Å². The number of nitrogens with zero attached hydrogens (tertiary/aromatic N) is 1. The van der Waals surface area contributed by atoms with Crippen LogP contribution in [0.15, 0.2) is 35.4 Å². The van der Waals surface area contributed by atoms with Gasteiger partial charge in [0.05, 0.1) is 0 Å². The molecule has 0 saturated carbocycles. The number of hydrogen-bond donors (Lipinski definition) is 0. The van der Waals surface area contributed by atoms with Gasteiger partial charge in [0.1, 0.15) is 5.15 Å². The fourth-order valence-electron chi connectivity index (χ4n) is 1.27. The molecule has 6 heteroatoms. The Bertz CT molecular complexity index is 578. The molecular formula is C12H7Cl2F2NS. The second kappa shape index (κ2) is 5.87. The minimum Gasteiger partial charge on any atom is -0.244 e. The van der Waals surface area contributed by atoms with Crippen molar-refractivity contribution in [2.24, 2.45) is 0 Å². The molecule has 2 rings (SSSR count). The number of halogens is 4. The quantitative estimate of drug-likeness (QED) is 0.587. The predicted molar refractivity (Wildman–Crippen MR) is 70.2 cm³/mol. The molecule has 0 amide bonds. The molecule has 0 bridgehead atoms. The smallest absolute Gasteiger partial charge is 0.159 e. The van der Waals surface area contributed by atoms with Crippen LogP contribution in [0.2, 0.25) is 10.2 Å². The van der Waals surface area contributed by atoms with E-state index >= 15 is 0 Å². The third kappa shape index (κ3) is 3.34. The second-order valence-electron chi connectivity index (χ2n) is 3.46. The minimum absolute atomic E-state index is 0.321. The lowest BCUT2D eigenvalue weighted by Crippen LogP contribution is -1.87. The van der Waals surface area contributed by atoms with Crippen molar-refractivity contribution in [3.63, 3.8) is 0 Å². The van der Waals surface area contributed by atoms with Gasteiger partial charge in [-0.15, -0.1) is 11.8 Å². The zero-order valence-corrected chi connectivity index (χ0v) is 11.3. The van der Waals surface area contributed by atoms with Gasteiger partial charge in [-0.25, -0.2) is 13.8 Å². The number of aromatic nitrogens is 1. The van der Waals surface area contributed by atoms with Crippen molar-refractivity contribution in [1.29, 1.82) is 0 Å². The number of rotatable bonds is 3. The van der Waals surface area contributed by atoms with E-state index in [2.05, 4.69) is 4.98 Å². The van der Waals surface area contributed by atoms with Crippen LogP contribution in [0.25, 0.3) is 0 Å². The zero-order valence-electron chi connectivity index (χ0n) is 8.96. The number of thioether (sulfide) groups is 1. The van der Waals surface area contributed by atoms with Crippen LogP contribution in [-0.2, 0) is 5.75 Å². The van der Waals surface area contributed by atoms with Crippen molar-refractivity contribution < 1.29 is 8.78 Å². The highest BCUT2D eigenvalue weighted by Gasteiger charge is 2.06. The average Bonchev–Trinajstić information content (AvgIpc) is 2.32. The van der Waals surface area contributed by atoms with Gasteiger partial charge >= 0.3 is 0 Å². The van der Waals surface area contributed by atoms with Gasteiger partial charge in [-0.2, -0.15) is 0 Å². The van der Waals surface area contributed by atoms with E-state index in [1.54, 1.807) is 12.3 Å². The molecule has 0 spiro atoms. The SMILES string of the molecule is Fc1ccc(SCc2cnc(Cl)cc2Cl)cc1F. The second-order valence-corrected chi connectivity index (χ2v) is 5.31. The molecule has 1 heterocycles. The summed E-state index contributed by atoms with van der Waals surface area (Å²) in [6.45, 7) is 0. The largest absolute Gasteiger partial charge is 0.244 e. The molecular weight excluding hydrogens is 299 g/mol. The molecule has 0 aliphatic carbocycles. The zero-order chi connectivity index (χ0) is 13.1. The maximum Gasteiger partial charge on any atom is 0.159 e. The van der Waals surface area contributed by atoms with Crippen molar-refractivity contribution in [2.75, 3.05) is 0 Å². The van der Waals surface area contributed by atoms with Gasteiger partial charge in [0.25, 0.3) is 0 Å². The van der Waals surface area contributed by atoms with E-state index in [0.29, 0.717) is 20.8 Å². The summed E-state index contributed by atoms with van der Waals surface area (Å²) in [5, 5.41) is 0.826. The van der Waals surface area contributed by atoms with E-state index in [1.807, 2.05) is 0 Å². The first kappa shape index (κ1) is 13.6. The van der Waals surface area contributed by atoms with Crippen LogP contribution in [-0.4, -0.2) is 4.98 Å². The minimum atomic E-state index is -0.861. The number of benzene rings is 1. The van der Waals surface area contributed by atoms with Crippen LogP contribution in [0.3, 0.4) is 0 Å². The van der Waals surface area contributed by atoms with Crippen LogP contribution in [0.4, 0.5) is 8.78 Å². The maximum absolute atomic E-state index is 13.0. The molecule has 0 aliphatic heterocycles. The first-order chi connectivity index (χ1) is 8.56. The van der Waals surface area contributed by atoms with Crippen molar-refractivity contribution in [1.82, 2.24) is 4.98 Å². The summed E-state index contributed by atoms with van der Waals surface area (Å²) in [7, 11) is 0. The molecule has 0 aliphatic rings. The molecule has 1 aromatic heterocycles. The highest BCUT2D eigenvalue weighted by Crippen LogP contribution is 2.28. The molecule has 0 saturated heterocycles. The van der Waals surface area contributed by atoms with E-state index < -0.39 is 11.6 Å². The van der Waals surface area contributed by atoms with Gasteiger partial charge in [0.2, 0.25) is 0 Å². The Kier molecular flexibility index (Phi) is 4.43. The standard InChI is InChI=1S/C12H7Cl2F2NS/c13-9-4-12(14)17-5-7(9)6-18-8-1-2-10(15)11(16)3-8/h1-5H,6H2. The van der Waals surface area contributed by atoms with E-state index in [0.717, 1.165) is 17.7 Å². The lowest BCUT2D eigenvalue weighted by molar-refractivity contribution is 0.506. The van der Waals surface area contributed by atoms with E-state index in [1.165, 1.54) is 17.8 Å². The van der Waals surface area contributed by atoms with Crippen molar-refractivity contribution in [2.45, 2.75) is 10.6 Å². The first-order valence-corrected chi connectivity index (χ1v) is 6.68. The average molecular weight is 306 g/mol. The van der Waals surface area contributed by atoms with Crippen LogP contribution in [0.1, 0.15) is 5.56 Å². The Hall–Kier alpha value is -0.840. The van der Waals surface area contributed by atoms with E-state index in [-0.39, 0.29) is 0 Å².